The first-order valence-corrected chi connectivity index (χ1v) is 6.91. The second kappa shape index (κ2) is 5.72. The van der Waals surface area contributed by atoms with E-state index in [4.69, 9.17) is 16.3 Å². The van der Waals surface area contributed by atoms with Crippen LogP contribution in [-0.4, -0.2) is 18.6 Å². The largest absolute Gasteiger partial charge is 0.497 e. The second-order valence-corrected chi connectivity index (χ2v) is 5.68. The minimum absolute atomic E-state index is 0.160. The van der Waals surface area contributed by atoms with Gasteiger partial charge in [0.25, 0.3) is 0 Å². The van der Waals surface area contributed by atoms with Crippen LogP contribution in [0.5, 0.6) is 5.75 Å². The van der Waals surface area contributed by atoms with Crippen molar-refractivity contribution in [3.05, 3.63) is 28.8 Å². The third kappa shape index (κ3) is 3.23. The Morgan fingerprint density at radius 2 is 2.30 bits per heavy atom. The van der Waals surface area contributed by atoms with E-state index in [0.29, 0.717) is 10.8 Å². The third-order valence-electron chi connectivity index (χ3n) is 3.64. The summed E-state index contributed by atoms with van der Waals surface area (Å²) >= 11 is 6.11. The summed E-state index contributed by atoms with van der Waals surface area (Å²) in [6.45, 7) is 1.78. The van der Waals surface area contributed by atoms with Crippen molar-refractivity contribution >= 4 is 17.5 Å². The zero-order valence-electron chi connectivity index (χ0n) is 11.6. The highest BCUT2D eigenvalue weighted by atomic mass is 35.5. The fraction of sp³-hybridized carbons (Fsp3) is 0.467. The van der Waals surface area contributed by atoms with Gasteiger partial charge in [0.1, 0.15) is 11.3 Å². The van der Waals surface area contributed by atoms with Crippen LogP contribution in [0, 0.1) is 17.2 Å². The quantitative estimate of drug-likeness (QED) is 0.907. The molecule has 1 unspecified atom stereocenters. The lowest BCUT2D eigenvalue weighted by Gasteiger charge is -2.23. The van der Waals surface area contributed by atoms with E-state index < -0.39 is 5.54 Å². The molecule has 1 fully saturated rings. The Kier molecular flexibility index (Phi) is 4.20. The van der Waals surface area contributed by atoms with Crippen LogP contribution < -0.4 is 10.1 Å². The first kappa shape index (κ1) is 14.7. The lowest BCUT2D eigenvalue weighted by atomic mass is 9.97. The van der Waals surface area contributed by atoms with Crippen LogP contribution in [0.3, 0.4) is 0 Å². The minimum atomic E-state index is -0.768. The Morgan fingerprint density at radius 3 is 2.80 bits per heavy atom. The summed E-state index contributed by atoms with van der Waals surface area (Å²) in [5.41, 5.74) is -0.0446. The summed E-state index contributed by atoms with van der Waals surface area (Å²) in [4.78, 5) is 12.1. The van der Waals surface area contributed by atoms with Gasteiger partial charge < -0.3 is 10.1 Å². The molecule has 4 nitrogen and oxygen atoms in total. The highest BCUT2D eigenvalue weighted by Gasteiger charge is 2.42. The normalized spacial score (nSPS) is 16.9. The molecule has 0 radical (unpaired) electrons. The SMILES string of the molecule is COc1ccc(CC(=O)NC(C)(C#N)C2CC2)c(Cl)c1. The number of rotatable bonds is 5. The first-order chi connectivity index (χ1) is 9.48. The van der Waals surface area contributed by atoms with Crippen LogP contribution >= 0.6 is 11.6 Å². The summed E-state index contributed by atoms with van der Waals surface area (Å²) in [7, 11) is 1.56. The van der Waals surface area contributed by atoms with Crippen LogP contribution in [0.4, 0.5) is 0 Å². The first-order valence-electron chi connectivity index (χ1n) is 6.53. The van der Waals surface area contributed by atoms with Crippen LogP contribution in [0.1, 0.15) is 25.3 Å². The maximum atomic E-state index is 12.1. The molecule has 0 aliphatic heterocycles. The molecule has 5 heteroatoms. The van der Waals surface area contributed by atoms with Crippen LogP contribution in [0.25, 0.3) is 0 Å². The second-order valence-electron chi connectivity index (χ2n) is 5.27. The fourth-order valence-corrected chi connectivity index (χ4v) is 2.42. The van der Waals surface area contributed by atoms with Crippen LogP contribution in [0.15, 0.2) is 18.2 Å². The van der Waals surface area contributed by atoms with Crippen molar-refractivity contribution in [2.45, 2.75) is 31.7 Å². The number of carbonyl (C=O) groups excluding carboxylic acids is 1. The molecule has 20 heavy (non-hydrogen) atoms. The molecule has 1 aliphatic rings. The predicted molar refractivity (Wildman–Crippen MR) is 76.6 cm³/mol. The molecule has 1 N–H and O–H groups in total. The summed E-state index contributed by atoms with van der Waals surface area (Å²) in [5, 5.41) is 12.5. The number of ether oxygens (including phenoxy) is 1. The molecule has 1 amide bonds. The van der Waals surface area contributed by atoms with Gasteiger partial charge in [-0.25, -0.2) is 0 Å². The van der Waals surface area contributed by atoms with Gasteiger partial charge in [-0.2, -0.15) is 5.26 Å². The van der Waals surface area contributed by atoms with Gasteiger partial charge in [-0.1, -0.05) is 17.7 Å². The van der Waals surface area contributed by atoms with Gasteiger partial charge in [-0.05, 0) is 43.4 Å². The molecule has 1 aliphatic carbocycles. The number of benzene rings is 1. The maximum Gasteiger partial charge on any atom is 0.225 e. The molecule has 1 atom stereocenters. The number of nitriles is 1. The van der Waals surface area contributed by atoms with Crippen molar-refractivity contribution in [1.82, 2.24) is 5.32 Å². The van der Waals surface area contributed by atoms with Crippen molar-refractivity contribution in [3.63, 3.8) is 0 Å². The fourth-order valence-electron chi connectivity index (χ4n) is 2.19. The van der Waals surface area contributed by atoms with Gasteiger partial charge in [-0.15, -0.1) is 0 Å². The molecular weight excluding hydrogens is 276 g/mol. The van der Waals surface area contributed by atoms with E-state index in [1.807, 2.05) is 0 Å². The summed E-state index contributed by atoms with van der Waals surface area (Å²) in [6, 6.07) is 7.41. The number of nitrogens with zero attached hydrogens (tertiary/aromatic N) is 1. The number of amides is 1. The average molecular weight is 293 g/mol. The molecule has 0 heterocycles. The lowest BCUT2D eigenvalue weighted by molar-refractivity contribution is -0.121. The Labute approximate surface area is 123 Å². The maximum absolute atomic E-state index is 12.1. The Morgan fingerprint density at radius 1 is 1.60 bits per heavy atom. The van der Waals surface area contributed by atoms with E-state index in [0.717, 1.165) is 18.4 Å². The van der Waals surface area contributed by atoms with Gasteiger partial charge in [0, 0.05) is 5.02 Å². The van der Waals surface area contributed by atoms with Gasteiger partial charge >= 0.3 is 0 Å². The number of methoxy groups -OCH3 is 1. The Bertz CT molecular complexity index is 563. The molecule has 1 aromatic carbocycles. The highest BCUT2D eigenvalue weighted by Crippen LogP contribution is 2.39. The van der Waals surface area contributed by atoms with Crippen LogP contribution in [0.2, 0.25) is 5.02 Å². The van der Waals surface area contributed by atoms with Gasteiger partial charge in [0.05, 0.1) is 19.6 Å². The molecule has 1 aromatic rings. The van der Waals surface area contributed by atoms with E-state index >= 15 is 0 Å². The van der Waals surface area contributed by atoms with Gasteiger partial charge in [0.2, 0.25) is 5.91 Å². The van der Waals surface area contributed by atoms with E-state index in [-0.39, 0.29) is 18.2 Å². The number of nitrogens with one attached hydrogen (secondary N) is 1. The zero-order valence-corrected chi connectivity index (χ0v) is 12.3. The number of carbonyl (C=O) groups is 1. The van der Waals surface area contributed by atoms with E-state index in [1.54, 1.807) is 32.2 Å². The molecule has 0 bridgehead atoms. The number of halogens is 1. The Hall–Kier alpha value is -1.73. The van der Waals surface area contributed by atoms with Gasteiger partial charge in [-0.3, -0.25) is 4.79 Å². The molecule has 0 saturated heterocycles. The lowest BCUT2D eigenvalue weighted by Crippen LogP contribution is -2.47. The Balaban J connectivity index is 2.03. The van der Waals surface area contributed by atoms with E-state index in [1.165, 1.54) is 0 Å². The molecule has 0 aromatic heterocycles. The van der Waals surface area contributed by atoms with Crippen molar-refractivity contribution < 1.29 is 9.53 Å². The molecular formula is C15H17ClN2O2. The summed E-state index contributed by atoms with van der Waals surface area (Å²) in [6.07, 6.45) is 2.15. The minimum Gasteiger partial charge on any atom is -0.497 e. The van der Waals surface area contributed by atoms with Crippen LogP contribution in [-0.2, 0) is 11.2 Å². The van der Waals surface area contributed by atoms with Crippen molar-refractivity contribution in [1.29, 1.82) is 5.26 Å². The summed E-state index contributed by atoms with van der Waals surface area (Å²) in [5.74, 6) is 0.731. The van der Waals surface area contributed by atoms with E-state index in [2.05, 4.69) is 11.4 Å². The number of hydrogen-bond acceptors (Lipinski definition) is 3. The predicted octanol–water partition coefficient (Wildman–Crippen LogP) is 2.70. The van der Waals surface area contributed by atoms with Gasteiger partial charge in [0.15, 0.2) is 0 Å². The molecule has 1 saturated carbocycles. The molecule has 106 valence electrons. The third-order valence-corrected chi connectivity index (χ3v) is 3.99. The van der Waals surface area contributed by atoms with Crippen molar-refractivity contribution in [3.8, 4) is 11.8 Å². The monoisotopic (exact) mass is 292 g/mol. The average Bonchev–Trinajstić information content (AvgIpc) is 3.25. The topological polar surface area (TPSA) is 62.1 Å². The standard InChI is InChI=1S/C15H17ClN2O2/c1-15(9-17,11-4-5-11)18-14(19)7-10-3-6-12(20-2)8-13(10)16/h3,6,8,11H,4-5,7H2,1-2H3,(H,18,19). The van der Waals surface area contributed by atoms with E-state index in [9.17, 15) is 10.1 Å². The zero-order chi connectivity index (χ0) is 14.8. The van der Waals surface area contributed by atoms with Crippen molar-refractivity contribution in [2.24, 2.45) is 5.92 Å². The number of hydrogen-bond donors (Lipinski definition) is 1. The van der Waals surface area contributed by atoms with Crippen molar-refractivity contribution in [2.75, 3.05) is 7.11 Å². The smallest absolute Gasteiger partial charge is 0.225 e. The molecule has 0 spiro atoms. The molecule has 2 rings (SSSR count). The highest BCUT2D eigenvalue weighted by molar-refractivity contribution is 6.31. The summed E-state index contributed by atoms with van der Waals surface area (Å²) < 4.78 is 5.06.